The molecule has 5 heteroatoms. The molecule has 0 heterocycles. The van der Waals surface area contributed by atoms with Crippen LogP contribution in [0.1, 0.15) is 18.1 Å². The molecule has 1 aromatic rings. The van der Waals surface area contributed by atoms with E-state index in [0.29, 0.717) is 12.2 Å². The molecule has 0 fully saturated rings. The lowest BCUT2D eigenvalue weighted by Gasteiger charge is -2.12. The molecule has 1 atom stereocenters. The minimum atomic E-state index is -2.71. The first-order valence-corrected chi connectivity index (χ1v) is 7.14. The molecule has 0 N–H and O–H groups in total. The Labute approximate surface area is 94.3 Å². The zero-order valence-electron chi connectivity index (χ0n) is 9.24. The Hall–Kier alpha value is -1.17. The Balaban J connectivity index is 2.88. The van der Waals surface area contributed by atoms with Gasteiger partial charge >= 0.3 is 0 Å². The first-order chi connectivity index (χ1) is 7.48. The van der Waals surface area contributed by atoms with Gasteiger partial charge in [0.2, 0.25) is 7.37 Å². The van der Waals surface area contributed by atoms with Gasteiger partial charge in [-0.05, 0) is 24.6 Å². The Kier molecular flexibility index (Phi) is 4.23. The number of hydrogen-bond acceptors (Lipinski definition) is 3. The predicted octanol–water partition coefficient (Wildman–Crippen LogP) is 3.14. The third kappa shape index (κ3) is 3.44. The maximum Gasteiger partial charge on any atom is 0.204 e. The molecular formula is C11H13FNO2P. The molecule has 0 aliphatic carbocycles. The molecule has 0 radical (unpaired) electrons. The van der Waals surface area contributed by atoms with Gasteiger partial charge in [0.15, 0.2) is 0 Å². The van der Waals surface area contributed by atoms with Gasteiger partial charge in [-0.15, -0.1) is 0 Å². The zero-order chi connectivity index (χ0) is 12.2. The number of hydrogen-bond donors (Lipinski definition) is 0. The number of nitriles is 1. The van der Waals surface area contributed by atoms with Gasteiger partial charge in [0.05, 0.1) is 12.2 Å². The summed E-state index contributed by atoms with van der Waals surface area (Å²) in [6, 6.07) is 5.94. The average molecular weight is 241 g/mol. The van der Waals surface area contributed by atoms with Gasteiger partial charge in [-0.2, -0.15) is 5.26 Å². The lowest BCUT2D eigenvalue weighted by Crippen LogP contribution is -1.94. The van der Waals surface area contributed by atoms with Crippen molar-refractivity contribution in [2.24, 2.45) is 0 Å². The Morgan fingerprint density at radius 3 is 2.75 bits per heavy atom. The van der Waals surface area contributed by atoms with Gasteiger partial charge in [0.25, 0.3) is 0 Å². The summed E-state index contributed by atoms with van der Waals surface area (Å²) in [6.45, 7) is 3.65. The van der Waals surface area contributed by atoms with Crippen molar-refractivity contribution in [1.29, 1.82) is 5.26 Å². The minimum absolute atomic E-state index is 0.00825. The van der Waals surface area contributed by atoms with Crippen LogP contribution in [0.3, 0.4) is 0 Å². The summed E-state index contributed by atoms with van der Waals surface area (Å²) in [5, 5.41) is 8.56. The van der Waals surface area contributed by atoms with Crippen LogP contribution in [-0.4, -0.2) is 13.3 Å². The lowest BCUT2D eigenvalue weighted by molar-refractivity contribution is 0.336. The quantitative estimate of drug-likeness (QED) is 0.761. The number of benzene rings is 1. The van der Waals surface area contributed by atoms with Crippen LogP contribution in [0.15, 0.2) is 18.2 Å². The minimum Gasteiger partial charge on any atom is -0.329 e. The predicted molar refractivity (Wildman–Crippen MR) is 60.0 cm³/mol. The summed E-state index contributed by atoms with van der Waals surface area (Å²) in [5.74, 6) is -0.587. The van der Waals surface area contributed by atoms with Gasteiger partial charge in [0.1, 0.15) is 11.9 Å². The van der Waals surface area contributed by atoms with E-state index in [1.165, 1.54) is 18.8 Å². The van der Waals surface area contributed by atoms with E-state index in [4.69, 9.17) is 9.79 Å². The molecule has 0 amide bonds. The molecule has 0 aromatic heterocycles. The maximum absolute atomic E-state index is 13.3. The van der Waals surface area contributed by atoms with Crippen molar-refractivity contribution >= 4 is 7.37 Å². The highest BCUT2D eigenvalue weighted by Crippen LogP contribution is 2.46. The molecule has 0 bridgehead atoms. The zero-order valence-corrected chi connectivity index (χ0v) is 10.1. The summed E-state index contributed by atoms with van der Waals surface area (Å²) < 4.78 is 30.2. The van der Waals surface area contributed by atoms with Crippen molar-refractivity contribution in [2.75, 3.05) is 13.3 Å². The highest BCUT2D eigenvalue weighted by atomic mass is 31.2. The second-order valence-electron chi connectivity index (χ2n) is 3.52. The van der Waals surface area contributed by atoms with Crippen molar-refractivity contribution in [3.8, 4) is 6.07 Å². The van der Waals surface area contributed by atoms with Gasteiger partial charge in [-0.3, -0.25) is 4.57 Å². The molecule has 1 rings (SSSR count). The molecule has 1 unspecified atom stereocenters. The Morgan fingerprint density at radius 1 is 1.56 bits per heavy atom. The molecule has 86 valence electrons. The molecule has 0 aliphatic heterocycles. The van der Waals surface area contributed by atoms with Crippen LogP contribution < -0.4 is 0 Å². The van der Waals surface area contributed by atoms with Crippen molar-refractivity contribution in [3.05, 3.63) is 35.1 Å². The maximum atomic E-state index is 13.3. The molecular weight excluding hydrogens is 228 g/mol. The number of halogens is 1. The fraction of sp³-hybridized carbons (Fsp3) is 0.364. The third-order valence-corrected chi connectivity index (χ3v) is 3.77. The number of rotatable bonds is 4. The van der Waals surface area contributed by atoms with E-state index < -0.39 is 13.2 Å². The fourth-order valence-electron chi connectivity index (χ4n) is 1.40. The van der Waals surface area contributed by atoms with Crippen molar-refractivity contribution in [3.63, 3.8) is 0 Å². The molecule has 0 saturated carbocycles. The first-order valence-electron chi connectivity index (χ1n) is 4.88. The van der Waals surface area contributed by atoms with E-state index in [1.807, 2.05) is 0 Å². The number of nitrogens with zero attached hydrogens (tertiary/aromatic N) is 1. The van der Waals surface area contributed by atoms with E-state index in [-0.39, 0.29) is 11.7 Å². The van der Waals surface area contributed by atoms with Gasteiger partial charge < -0.3 is 4.52 Å². The van der Waals surface area contributed by atoms with E-state index >= 15 is 0 Å². The molecule has 0 spiro atoms. The Morgan fingerprint density at radius 2 is 2.25 bits per heavy atom. The van der Waals surface area contributed by atoms with E-state index in [9.17, 15) is 8.96 Å². The average Bonchev–Trinajstić information content (AvgIpc) is 2.17. The second kappa shape index (κ2) is 5.25. The molecule has 1 aromatic carbocycles. The second-order valence-corrected chi connectivity index (χ2v) is 6.12. The normalized spacial score (nSPS) is 14.1. The first kappa shape index (κ1) is 12.9. The molecule has 3 nitrogen and oxygen atoms in total. The van der Waals surface area contributed by atoms with Gasteiger partial charge in [0, 0.05) is 12.8 Å². The van der Waals surface area contributed by atoms with Crippen LogP contribution in [0, 0.1) is 17.1 Å². The smallest absolute Gasteiger partial charge is 0.204 e. The van der Waals surface area contributed by atoms with Crippen LogP contribution >= 0.6 is 7.37 Å². The van der Waals surface area contributed by atoms with Gasteiger partial charge in [-0.1, -0.05) is 6.07 Å². The van der Waals surface area contributed by atoms with Crippen molar-refractivity contribution < 1.29 is 13.5 Å². The van der Waals surface area contributed by atoms with E-state index in [1.54, 1.807) is 19.1 Å². The van der Waals surface area contributed by atoms with E-state index in [2.05, 4.69) is 0 Å². The monoisotopic (exact) mass is 241 g/mol. The summed E-state index contributed by atoms with van der Waals surface area (Å²) in [6.07, 6.45) is 0.184. The topological polar surface area (TPSA) is 50.1 Å². The SMILES string of the molecule is CCOP(C)(=O)Cc1ccc(C#N)c(F)c1. The summed E-state index contributed by atoms with van der Waals surface area (Å²) in [4.78, 5) is 0. The van der Waals surface area contributed by atoms with Crippen molar-refractivity contribution in [2.45, 2.75) is 13.1 Å². The van der Waals surface area contributed by atoms with Crippen LogP contribution in [-0.2, 0) is 15.3 Å². The van der Waals surface area contributed by atoms with Crippen LogP contribution in [0.2, 0.25) is 0 Å². The standard InChI is InChI=1S/C11H13FNO2P/c1-3-15-16(2,14)8-9-4-5-10(7-13)11(12)6-9/h4-6H,3,8H2,1-2H3. The molecule has 16 heavy (non-hydrogen) atoms. The van der Waals surface area contributed by atoms with Crippen LogP contribution in [0.4, 0.5) is 4.39 Å². The van der Waals surface area contributed by atoms with Crippen LogP contribution in [0.25, 0.3) is 0 Å². The lowest BCUT2D eigenvalue weighted by atomic mass is 10.1. The van der Waals surface area contributed by atoms with Gasteiger partial charge in [-0.25, -0.2) is 4.39 Å². The fourth-order valence-corrected chi connectivity index (χ4v) is 2.90. The largest absolute Gasteiger partial charge is 0.329 e. The third-order valence-electron chi connectivity index (χ3n) is 2.03. The highest BCUT2D eigenvalue weighted by molar-refractivity contribution is 7.57. The van der Waals surface area contributed by atoms with Crippen LogP contribution in [0.5, 0.6) is 0 Å². The molecule has 0 aliphatic rings. The summed E-state index contributed by atoms with van der Waals surface area (Å²) in [5.41, 5.74) is 0.571. The molecule has 0 saturated heterocycles. The Bertz CT molecular complexity index is 468. The summed E-state index contributed by atoms with van der Waals surface area (Å²) >= 11 is 0. The van der Waals surface area contributed by atoms with E-state index in [0.717, 1.165) is 0 Å². The van der Waals surface area contributed by atoms with Crippen molar-refractivity contribution in [1.82, 2.24) is 0 Å². The summed E-state index contributed by atoms with van der Waals surface area (Å²) in [7, 11) is -2.71. The highest BCUT2D eigenvalue weighted by Gasteiger charge is 2.16.